The normalized spacial score (nSPS) is 15.3. The highest BCUT2D eigenvalue weighted by Gasteiger charge is 2.09. The Hall–Kier alpha value is -1.02. The zero-order valence-electron chi connectivity index (χ0n) is 10.8. The standard InChI is InChI=1S/C12H18N2.C2H6/c1-2-11-4-3-5-12(10-11)14-8-6-13-7-9-14;1-2/h3-5,10,13H,2,6-9H2,1H3;1-2H3. The lowest BCUT2D eigenvalue weighted by Crippen LogP contribution is -2.43. The summed E-state index contributed by atoms with van der Waals surface area (Å²) in [5, 5.41) is 3.37. The first-order valence-corrected chi connectivity index (χ1v) is 6.45. The molecule has 1 heterocycles. The number of hydrogen-bond acceptors (Lipinski definition) is 2. The van der Waals surface area contributed by atoms with Crippen molar-refractivity contribution in [2.75, 3.05) is 31.1 Å². The second-order valence-corrected chi connectivity index (χ2v) is 3.76. The number of piperazine rings is 1. The van der Waals surface area contributed by atoms with Crippen LogP contribution < -0.4 is 10.2 Å². The van der Waals surface area contributed by atoms with E-state index in [0.29, 0.717) is 0 Å². The number of rotatable bonds is 2. The molecule has 0 bridgehead atoms. The monoisotopic (exact) mass is 220 g/mol. The summed E-state index contributed by atoms with van der Waals surface area (Å²) in [6, 6.07) is 8.89. The van der Waals surface area contributed by atoms with Gasteiger partial charge in [-0.15, -0.1) is 0 Å². The van der Waals surface area contributed by atoms with Crippen molar-refractivity contribution in [2.45, 2.75) is 27.2 Å². The summed E-state index contributed by atoms with van der Waals surface area (Å²) < 4.78 is 0. The van der Waals surface area contributed by atoms with Crippen molar-refractivity contribution in [3.63, 3.8) is 0 Å². The highest BCUT2D eigenvalue weighted by atomic mass is 15.2. The number of anilines is 1. The number of benzene rings is 1. The molecule has 1 aromatic carbocycles. The van der Waals surface area contributed by atoms with Crippen LogP contribution in [0.5, 0.6) is 0 Å². The molecule has 0 radical (unpaired) electrons. The van der Waals surface area contributed by atoms with Gasteiger partial charge in [0.15, 0.2) is 0 Å². The van der Waals surface area contributed by atoms with Crippen molar-refractivity contribution in [2.24, 2.45) is 0 Å². The molecule has 90 valence electrons. The molecule has 2 rings (SSSR count). The van der Waals surface area contributed by atoms with Gasteiger partial charge in [-0.2, -0.15) is 0 Å². The van der Waals surface area contributed by atoms with Crippen LogP contribution in [0.1, 0.15) is 26.3 Å². The molecule has 1 fully saturated rings. The molecule has 0 aliphatic carbocycles. The summed E-state index contributed by atoms with van der Waals surface area (Å²) in [6.45, 7) is 10.7. The van der Waals surface area contributed by atoms with Crippen molar-refractivity contribution in [1.29, 1.82) is 0 Å². The van der Waals surface area contributed by atoms with Gasteiger partial charge >= 0.3 is 0 Å². The van der Waals surface area contributed by atoms with Gasteiger partial charge in [-0.1, -0.05) is 32.9 Å². The third-order valence-electron chi connectivity index (χ3n) is 2.80. The smallest absolute Gasteiger partial charge is 0.0369 e. The molecule has 1 aromatic rings. The van der Waals surface area contributed by atoms with Crippen LogP contribution in [0, 0.1) is 0 Å². The van der Waals surface area contributed by atoms with E-state index in [1.807, 2.05) is 13.8 Å². The zero-order valence-corrected chi connectivity index (χ0v) is 10.8. The summed E-state index contributed by atoms with van der Waals surface area (Å²) in [7, 11) is 0. The Balaban J connectivity index is 0.000000606. The molecule has 0 atom stereocenters. The molecule has 0 unspecified atom stereocenters. The van der Waals surface area contributed by atoms with E-state index in [9.17, 15) is 0 Å². The minimum Gasteiger partial charge on any atom is -0.369 e. The van der Waals surface area contributed by atoms with Gasteiger partial charge in [-0.3, -0.25) is 0 Å². The van der Waals surface area contributed by atoms with E-state index < -0.39 is 0 Å². The molecular weight excluding hydrogens is 196 g/mol. The summed E-state index contributed by atoms with van der Waals surface area (Å²) >= 11 is 0. The molecule has 0 aromatic heterocycles. The van der Waals surface area contributed by atoms with Crippen molar-refractivity contribution in [3.8, 4) is 0 Å². The second-order valence-electron chi connectivity index (χ2n) is 3.76. The molecule has 1 N–H and O–H groups in total. The van der Waals surface area contributed by atoms with Gasteiger partial charge in [-0.05, 0) is 24.1 Å². The largest absolute Gasteiger partial charge is 0.369 e. The minimum atomic E-state index is 1.11. The van der Waals surface area contributed by atoms with E-state index in [1.165, 1.54) is 11.3 Å². The van der Waals surface area contributed by atoms with Gasteiger partial charge in [0, 0.05) is 31.9 Å². The number of hydrogen-bond donors (Lipinski definition) is 1. The van der Waals surface area contributed by atoms with E-state index in [4.69, 9.17) is 0 Å². The quantitative estimate of drug-likeness (QED) is 0.824. The predicted octanol–water partition coefficient (Wildman–Crippen LogP) is 2.68. The van der Waals surface area contributed by atoms with E-state index in [1.54, 1.807) is 0 Å². The average molecular weight is 220 g/mol. The first-order chi connectivity index (χ1) is 7.90. The molecule has 0 amide bonds. The van der Waals surface area contributed by atoms with E-state index in [2.05, 4.69) is 41.4 Å². The lowest BCUT2D eigenvalue weighted by Gasteiger charge is -2.29. The van der Waals surface area contributed by atoms with Crippen molar-refractivity contribution in [1.82, 2.24) is 5.32 Å². The van der Waals surface area contributed by atoms with Crippen LogP contribution in [-0.2, 0) is 6.42 Å². The minimum absolute atomic E-state index is 1.11. The zero-order chi connectivity index (χ0) is 11.8. The second kappa shape index (κ2) is 7.29. The summed E-state index contributed by atoms with van der Waals surface area (Å²) in [6.07, 6.45) is 1.12. The fourth-order valence-electron chi connectivity index (χ4n) is 1.90. The Morgan fingerprint density at radius 2 is 1.88 bits per heavy atom. The van der Waals surface area contributed by atoms with Gasteiger partial charge in [0.05, 0.1) is 0 Å². The molecule has 16 heavy (non-hydrogen) atoms. The van der Waals surface area contributed by atoms with Crippen LogP contribution in [-0.4, -0.2) is 26.2 Å². The Morgan fingerprint density at radius 3 is 2.50 bits per heavy atom. The average Bonchev–Trinajstić information content (AvgIpc) is 2.42. The Morgan fingerprint density at radius 1 is 1.19 bits per heavy atom. The fraction of sp³-hybridized carbons (Fsp3) is 0.571. The Kier molecular flexibility index (Phi) is 5.94. The first-order valence-electron chi connectivity index (χ1n) is 6.45. The maximum atomic E-state index is 3.37. The van der Waals surface area contributed by atoms with Crippen LogP contribution in [0.2, 0.25) is 0 Å². The molecule has 1 saturated heterocycles. The molecule has 1 aliphatic heterocycles. The summed E-state index contributed by atoms with van der Waals surface area (Å²) in [5.41, 5.74) is 2.81. The fourth-order valence-corrected chi connectivity index (χ4v) is 1.90. The van der Waals surface area contributed by atoms with Crippen molar-refractivity contribution in [3.05, 3.63) is 29.8 Å². The van der Waals surface area contributed by atoms with Gasteiger partial charge < -0.3 is 10.2 Å². The van der Waals surface area contributed by atoms with E-state index >= 15 is 0 Å². The van der Waals surface area contributed by atoms with Crippen LogP contribution >= 0.6 is 0 Å². The molecule has 2 heteroatoms. The van der Waals surface area contributed by atoms with Crippen LogP contribution in [0.4, 0.5) is 5.69 Å². The Bertz CT molecular complexity index is 291. The third kappa shape index (κ3) is 3.53. The molecule has 0 spiro atoms. The van der Waals surface area contributed by atoms with Crippen LogP contribution in [0.25, 0.3) is 0 Å². The molecular formula is C14H24N2. The summed E-state index contributed by atoms with van der Waals surface area (Å²) in [5.74, 6) is 0. The SMILES string of the molecule is CC.CCc1cccc(N2CCNCC2)c1. The number of aryl methyl sites for hydroxylation is 1. The van der Waals surface area contributed by atoms with E-state index in [-0.39, 0.29) is 0 Å². The lowest BCUT2D eigenvalue weighted by molar-refractivity contribution is 0.589. The summed E-state index contributed by atoms with van der Waals surface area (Å²) in [4.78, 5) is 2.45. The highest BCUT2D eigenvalue weighted by molar-refractivity contribution is 5.49. The van der Waals surface area contributed by atoms with Crippen LogP contribution in [0.15, 0.2) is 24.3 Å². The molecule has 0 saturated carbocycles. The van der Waals surface area contributed by atoms with Crippen molar-refractivity contribution >= 4 is 5.69 Å². The molecule has 2 nitrogen and oxygen atoms in total. The van der Waals surface area contributed by atoms with Gasteiger partial charge in [-0.25, -0.2) is 0 Å². The van der Waals surface area contributed by atoms with Gasteiger partial charge in [0.25, 0.3) is 0 Å². The van der Waals surface area contributed by atoms with Gasteiger partial charge in [0.1, 0.15) is 0 Å². The highest BCUT2D eigenvalue weighted by Crippen LogP contribution is 2.16. The predicted molar refractivity (Wildman–Crippen MR) is 72.3 cm³/mol. The maximum Gasteiger partial charge on any atom is 0.0369 e. The van der Waals surface area contributed by atoms with Gasteiger partial charge in [0.2, 0.25) is 0 Å². The topological polar surface area (TPSA) is 15.3 Å². The van der Waals surface area contributed by atoms with Crippen molar-refractivity contribution < 1.29 is 0 Å². The Labute approximate surface area is 99.7 Å². The first kappa shape index (κ1) is 13.0. The molecule has 1 aliphatic rings. The lowest BCUT2D eigenvalue weighted by atomic mass is 10.1. The van der Waals surface area contributed by atoms with E-state index in [0.717, 1.165) is 32.6 Å². The maximum absolute atomic E-state index is 3.37. The van der Waals surface area contributed by atoms with Crippen LogP contribution in [0.3, 0.4) is 0 Å². The number of nitrogens with zero attached hydrogens (tertiary/aromatic N) is 1. The number of nitrogens with one attached hydrogen (secondary N) is 1. The third-order valence-corrected chi connectivity index (χ3v) is 2.80.